The summed E-state index contributed by atoms with van der Waals surface area (Å²) in [7, 11) is 0. The van der Waals surface area contributed by atoms with Gasteiger partial charge in [-0.3, -0.25) is 9.59 Å². The predicted molar refractivity (Wildman–Crippen MR) is 77.5 cm³/mol. The molecule has 122 valence electrons. The Morgan fingerprint density at radius 1 is 1.22 bits per heavy atom. The number of carbonyl (C=O) groups excluding carboxylic acids is 2. The Balaban J connectivity index is 2.14. The number of ether oxygens (including phenoxy) is 1. The fraction of sp³-hybridized carbons (Fsp3) is 0.154. The SMILES string of the molecule is CC(=O)Nc1nc(C(=O)Nc2ccccc2OC(F)(F)F)cs1. The lowest BCUT2D eigenvalue weighted by Crippen LogP contribution is -2.19. The van der Waals surface area contributed by atoms with Crippen molar-refractivity contribution >= 4 is 34.0 Å². The fourth-order valence-electron chi connectivity index (χ4n) is 1.56. The molecule has 2 rings (SSSR count). The number of rotatable bonds is 4. The number of thiazole rings is 1. The summed E-state index contributed by atoms with van der Waals surface area (Å²) in [5, 5.41) is 6.26. The molecular formula is C13H10F3N3O3S. The van der Waals surface area contributed by atoms with Gasteiger partial charge in [0, 0.05) is 12.3 Å². The molecule has 23 heavy (non-hydrogen) atoms. The molecule has 0 radical (unpaired) electrons. The maximum Gasteiger partial charge on any atom is 0.573 e. The van der Waals surface area contributed by atoms with E-state index < -0.39 is 18.0 Å². The Hall–Kier alpha value is -2.62. The third-order valence-electron chi connectivity index (χ3n) is 2.38. The van der Waals surface area contributed by atoms with Crippen molar-refractivity contribution in [2.45, 2.75) is 13.3 Å². The highest BCUT2D eigenvalue weighted by Crippen LogP contribution is 2.30. The molecule has 0 saturated heterocycles. The van der Waals surface area contributed by atoms with E-state index in [1.54, 1.807) is 0 Å². The van der Waals surface area contributed by atoms with Gasteiger partial charge in [-0.1, -0.05) is 12.1 Å². The largest absolute Gasteiger partial charge is 0.573 e. The predicted octanol–water partition coefficient (Wildman–Crippen LogP) is 3.25. The lowest BCUT2D eigenvalue weighted by Gasteiger charge is -2.13. The second-order valence-electron chi connectivity index (χ2n) is 4.22. The number of amides is 2. The number of para-hydroxylation sites is 2. The molecule has 1 aromatic heterocycles. The molecule has 0 aliphatic carbocycles. The van der Waals surface area contributed by atoms with E-state index >= 15 is 0 Å². The molecule has 0 saturated carbocycles. The van der Waals surface area contributed by atoms with Gasteiger partial charge < -0.3 is 15.4 Å². The number of alkyl halides is 3. The summed E-state index contributed by atoms with van der Waals surface area (Å²) >= 11 is 1.02. The van der Waals surface area contributed by atoms with Gasteiger partial charge in [-0.25, -0.2) is 4.98 Å². The molecule has 0 fully saturated rings. The van der Waals surface area contributed by atoms with Crippen molar-refractivity contribution in [1.82, 2.24) is 4.98 Å². The maximum atomic E-state index is 12.3. The Morgan fingerprint density at radius 2 is 1.91 bits per heavy atom. The Kier molecular flexibility index (Phi) is 4.84. The average molecular weight is 345 g/mol. The van der Waals surface area contributed by atoms with E-state index in [0.29, 0.717) is 0 Å². The summed E-state index contributed by atoms with van der Waals surface area (Å²) in [6.07, 6.45) is -4.87. The summed E-state index contributed by atoms with van der Waals surface area (Å²) in [4.78, 5) is 26.8. The Bertz CT molecular complexity index is 730. The number of anilines is 2. The molecular weight excluding hydrogens is 335 g/mol. The minimum atomic E-state index is -4.87. The number of carbonyl (C=O) groups is 2. The molecule has 0 atom stereocenters. The molecule has 2 amide bonds. The van der Waals surface area contributed by atoms with Crippen LogP contribution in [0.25, 0.3) is 0 Å². The van der Waals surface area contributed by atoms with Crippen LogP contribution in [0, 0.1) is 0 Å². The van der Waals surface area contributed by atoms with Crippen molar-refractivity contribution in [3.8, 4) is 5.75 Å². The van der Waals surface area contributed by atoms with Gasteiger partial charge >= 0.3 is 6.36 Å². The van der Waals surface area contributed by atoms with E-state index in [1.165, 1.54) is 30.5 Å². The summed E-state index contributed by atoms with van der Waals surface area (Å²) in [5.74, 6) is -1.61. The van der Waals surface area contributed by atoms with E-state index in [0.717, 1.165) is 17.4 Å². The van der Waals surface area contributed by atoms with E-state index in [-0.39, 0.29) is 22.4 Å². The third kappa shape index (κ3) is 4.95. The molecule has 6 nitrogen and oxygen atoms in total. The standard InChI is InChI=1S/C13H10F3N3O3S/c1-7(20)17-12-19-9(6-23-12)11(21)18-8-4-2-3-5-10(8)22-13(14,15)16/h2-6H,1H3,(H,18,21)(H,17,19,20). The van der Waals surface area contributed by atoms with Crippen LogP contribution in [0.3, 0.4) is 0 Å². The molecule has 0 spiro atoms. The molecule has 0 bridgehead atoms. The lowest BCUT2D eigenvalue weighted by molar-refractivity contribution is -0.274. The Labute approximate surface area is 132 Å². The van der Waals surface area contributed by atoms with Crippen molar-refractivity contribution in [3.63, 3.8) is 0 Å². The first-order chi connectivity index (χ1) is 10.7. The molecule has 1 aromatic carbocycles. The zero-order valence-electron chi connectivity index (χ0n) is 11.6. The first-order valence-corrected chi connectivity index (χ1v) is 7.02. The first kappa shape index (κ1) is 16.7. The van der Waals surface area contributed by atoms with Gasteiger partial charge in [-0.15, -0.1) is 24.5 Å². The minimum absolute atomic E-state index is 0.0411. The van der Waals surface area contributed by atoms with Gasteiger partial charge in [0.2, 0.25) is 5.91 Å². The topological polar surface area (TPSA) is 80.3 Å². The van der Waals surface area contributed by atoms with Crippen LogP contribution in [0.2, 0.25) is 0 Å². The average Bonchev–Trinajstić information content (AvgIpc) is 2.87. The number of hydrogen-bond donors (Lipinski definition) is 2. The highest BCUT2D eigenvalue weighted by molar-refractivity contribution is 7.14. The Morgan fingerprint density at radius 3 is 2.57 bits per heavy atom. The second kappa shape index (κ2) is 6.65. The van der Waals surface area contributed by atoms with Gasteiger partial charge in [-0.05, 0) is 12.1 Å². The van der Waals surface area contributed by atoms with Crippen LogP contribution >= 0.6 is 11.3 Å². The van der Waals surface area contributed by atoms with E-state index in [1.807, 2.05) is 0 Å². The van der Waals surface area contributed by atoms with Crippen molar-refractivity contribution in [2.24, 2.45) is 0 Å². The number of halogens is 3. The highest BCUT2D eigenvalue weighted by Gasteiger charge is 2.32. The van der Waals surface area contributed by atoms with Gasteiger partial charge in [-0.2, -0.15) is 0 Å². The van der Waals surface area contributed by atoms with Gasteiger partial charge in [0.1, 0.15) is 5.69 Å². The summed E-state index contributed by atoms with van der Waals surface area (Å²) in [5.41, 5.74) is -0.190. The highest BCUT2D eigenvalue weighted by atomic mass is 32.1. The number of nitrogens with zero attached hydrogens (tertiary/aromatic N) is 1. The number of hydrogen-bond acceptors (Lipinski definition) is 5. The summed E-state index contributed by atoms with van der Waals surface area (Å²) < 4.78 is 40.8. The zero-order valence-corrected chi connectivity index (χ0v) is 12.4. The fourth-order valence-corrected chi connectivity index (χ4v) is 2.29. The van der Waals surface area contributed by atoms with Crippen LogP contribution in [-0.2, 0) is 4.79 Å². The van der Waals surface area contributed by atoms with Gasteiger partial charge in [0.05, 0.1) is 5.69 Å². The molecule has 2 N–H and O–H groups in total. The van der Waals surface area contributed by atoms with Crippen LogP contribution in [0.15, 0.2) is 29.6 Å². The quantitative estimate of drug-likeness (QED) is 0.891. The zero-order chi connectivity index (χ0) is 17.0. The molecule has 10 heteroatoms. The third-order valence-corrected chi connectivity index (χ3v) is 3.14. The lowest BCUT2D eigenvalue weighted by atomic mass is 10.3. The number of benzene rings is 1. The molecule has 1 heterocycles. The summed E-state index contributed by atoms with van der Waals surface area (Å²) in [6, 6.07) is 5.13. The summed E-state index contributed by atoms with van der Waals surface area (Å²) in [6.45, 7) is 1.28. The van der Waals surface area contributed by atoms with Crippen LogP contribution in [0.1, 0.15) is 17.4 Å². The van der Waals surface area contributed by atoms with Gasteiger partial charge in [0.25, 0.3) is 5.91 Å². The van der Waals surface area contributed by atoms with Crippen molar-refractivity contribution in [2.75, 3.05) is 10.6 Å². The van der Waals surface area contributed by atoms with Crippen LogP contribution in [-0.4, -0.2) is 23.2 Å². The molecule has 0 aliphatic rings. The van der Waals surface area contributed by atoms with Crippen molar-refractivity contribution in [3.05, 3.63) is 35.3 Å². The number of aromatic nitrogens is 1. The smallest absolute Gasteiger partial charge is 0.404 e. The first-order valence-electron chi connectivity index (χ1n) is 6.14. The van der Waals surface area contributed by atoms with Crippen molar-refractivity contribution < 1.29 is 27.5 Å². The maximum absolute atomic E-state index is 12.3. The van der Waals surface area contributed by atoms with E-state index in [4.69, 9.17) is 0 Å². The number of nitrogens with one attached hydrogen (secondary N) is 2. The van der Waals surface area contributed by atoms with E-state index in [9.17, 15) is 22.8 Å². The molecule has 0 aliphatic heterocycles. The van der Waals surface area contributed by atoms with Crippen molar-refractivity contribution in [1.29, 1.82) is 0 Å². The molecule has 2 aromatic rings. The van der Waals surface area contributed by atoms with Crippen LogP contribution in [0.5, 0.6) is 5.75 Å². The van der Waals surface area contributed by atoms with Crippen LogP contribution < -0.4 is 15.4 Å². The van der Waals surface area contributed by atoms with Crippen LogP contribution in [0.4, 0.5) is 24.0 Å². The van der Waals surface area contributed by atoms with Gasteiger partial charge in [0.15, 0.2) is 10.9 Å². The minimum Gasteiger partial charge on any atom is -0.404 e. The monoisotopic (exact) mass is 345 g/mol. The normalized spacial score (nSPS) is 11.0. The second-order valence-corrected chi connectivity index (χ2v) is 5.08. The van der Waals surface area contributed by atoms with E-state index in [2.05, 4.69) is 20.4 Å². The molecule has 0 unspecified atom stereocenters.